The molecule has 0 spiro atoms. The molecule has 0 aromatic heterocycles. The van der Waals surface area contributed by atoms with E-state index in [0.717, 1.165) is 14.7 Å². The Morgan fingerprint density at radius 2 is 1.97 bits per heavy atom. The second-order valence-electron chi connectivity index (χ2n) is 7.21. The van der Waals surface area contributed by atoms with E-state index in [1.54, 1.807) is 43.5 Å². The van der Waals surface area contributed by atoms with E-state index >= 15 is 0 Å². The van der Waals surface area contributed by atoms with E-state index in [2.05, 4.69) is 28.7 Å². The average Bonchev–Trinajstić information content (AvgIpc) is 2.77. The maximum Gasteiger partial charge on any atom is 0.205 e. The number of fused-ring (bicyclic) bond motifs is 1. The van der Waals surface area contributed by atoms with Crippen LogP contribution in [0.1, 0.15) is 22.6 Å². The van der Waals surface area contributed by atoms with Crippen LogP contribution in [0.2, 0.25) is 10.0 Å². The number of nitriles is 1. The molecule has 0 aliphatic carbocycles. The number of methoxy groups -OCH3 is 1. The fourth-order valence-corrected chi connectivity index (χ4v) is 4.87. The molecule has 1 aliphatic heterocycles. The predicted molar refractivity (Wildman–Crippen MR) is 134 cm³/mol. The van der Waals surface area contributed by atoms with Gasteiger partial charge in [0.25, 0.3) is 0 Å². The third-order valence-corrected chi connectivity index (χ3v) is 6.56. The monoisotopic (exact) mass is 594 g/mol. The van der Waals surface area contributed by atoms with Crippen molar-refractivity contribution in [1.82, 2.24) is 0 Å². The zero-order chi connectivity index (χ0) is 23.7. The standard InChI is InChI=1S/C24H17Cl2IN2O4/c1-31-21-7-13(6-19(27)23(21)32-11-12-2-3-14(25)8-18(12)26)22-16-5-4-15(30)9-20(16)33-24(29)17(22)10-28/h2-9,22,30H,11,29H2,1H3/t22-/m0/s1. The summed E-state index contributed by atoms with van der Waals surface area (Å²) in [7, 11) is 1.54. The molecule has 3 aromatic carbocycles. The van der Waals surface area contributed by atoms with E-state index in [4.69, 9.17) is 43.1 Å². The second-order valence-corrected chi connectivity index (χ2v) is 9.21. The number of rotatable bonds is 5. The molecule has 0 unspecified atom stereocenters. The van der Waals surface area contributed by atoms with Gasteiger partial charge in [-0.2, -0.15) is 5.26 Å². The Balaban J connectivity index is 1.74. The SMILES string of the molecule is COc1cc([C@@H]2C(C#N)=C(N)Oc3cc(O)ccc32)cc(I)c1OCc1ccc(Cl)cc1Cl. The summed E-state index contributed by atoms with van der Waals surface area (Å²) in [6.07, 6.45) is 0. The van der Waals surface area contributed by atoms with E-state index < -0.39 is 5.92 Å². The van der Waals surface area contributed by atoms with Gasteiger partial charge in [0, 0.05) is 27.2 Å². The second kappa shape index (κ2) is 9.59. The summed E-state index contributed by atoms with van der Waals surface area (Å²) < 4.78 is 18.0. The minimum atomic E-state index is -0.499. The maximum atomic E-state index is 9.85. The third-order valence-electron chi connectivity index (χ3n) is 5.17. The number of aromatic hydroxyl groups is 1. The van der Waals surface area contributed by atoms with Gasteiger partial charge in [0.15, 0.2) is 11.5 Å². The van der Waals surface area contributed by atoms with Gasteiger partial charge in [-0.05, 0) is 58.5 Å². The molecule has 3 N–H and O–H groups in total. The van der Waals surface area contributed by atoms with Gasteiger partial charge in [0.05, 0.1) is 16.6 Å². The van der Waals surface area contributed by atoms with Crippen molar-refractivity contribution in [3.05, 3.63) is 90.3 Å². The Kier molecular flexibility index (Phi) is 6.79. The van der Waals surface area contributed by atoms with E-state index in [1.165, 1.54) is 6.07 Å². The summed E-state index contributed by atoms with van der Waals surface area (Å²) in [4.78, 5) is 0. The van der Waals surface area contributed by atoms with Crippen molar-refractivity contribution in [3.8, 4) is 29.1 Å². The summed E-state index contributed by atoms with van der Waals surface area (Å²) in [6.45, 7) is 0.220. The molecule has 33 heavy (non-hydrogen) atoms. The Morgan fingerprint density at radius 3 is 2.67 bits per heavy atom. The van der Waals surface area contributed by atoms with Gasteiger partial charge in [-0.15, -0.1) is 0 Å². The number of phenolic OH excluding ortho intramolecular Hbond substituents is 1. The number of hydrogen-bond donors (Lipinski definition) is 2. The molecule has 0 saturated carbocycles. The van der Waals surface area contributed by atoms with E-state index in [9.17, 15) is 10.4 Å². The van der Waals surface area contributed by atoms with Crippen LogP contribution in [0.5, 0.6) is 23.0 Å². The van der Waals surface area contributed by atoms with Gasteiger partial charge < -0.3 is 25.1 Å². The van der Waals surface area contributed by atoms with Crippen molar-refractivity contribution in [2.24, 2.45) is 5.73 Å². The van der Waals surface area contributed by atoms with Crippen LogP contribution in [0.25, 0.3) is 0 Å². The van der Waals surface area contributed by atoms with Crippen molar-refractivity contribution in [1.29, 1.82) is 5.26 Å². The lowest BCUT2D eigenvalue weighted by Crippen LogP contribution is -2.21. The molecule has 0 radical (unpaired) electrons. The van der Waals surface area contributed by atoms with Crippen LogP contribution in [-0.2, 0) is 6.61 Å². The summed E-state index contributed by atoms with van der Waals surface area (Å²) in [6, 6.07) is 15.8. The lowest BCUT2D eigenvalue weighted by Gasteiger charge is -2.27. The third kappa shape index (κ3) is 4.64. The van der Waals surface area contributed by atoms with E-state index in [-0.39, 0.29) is 23.8 Å². The molecule has 0 amide bonds. The molecule has 9 heteroatoms. The molecule has 0 saturated heterocycles. The van der Waals surface area contributed by atoms with Crippen LogP contribution in [-0.4, -0.2) is 12.2 Å². The molecule has 0 bridgehead atoms. The summed E-state index contributed by atoms with van der Waals surface area (Å²) in [5.41, 5.74) is 8.56. The zero-order valence-electron chi connectivity index (χ0n) is 17.2. The van der Waals surface area contributed by atoms with Crippen LogP contribution in [0.3, 0.4) is 0 Å². The van der Waals surface area contributed by atoms with Crippen LogP contribution in [0, 0.1) is 14.9 Å². The molecule has 3 aromatic rings. The van der Waals surface area contributed by atoms with Gasteiger partial charge in [-0.3, -0.25) is 0 Å². The number of phenols is 1. The van der Waals surface area contributed by atoms with Crippen molar-refractivity contribution in [2.75, 3.05) is 7.11 Å². The predicted octanol–water partition coefficient (Wildman–Crippen LogP) is 6.11. The normalized spacial score (nSPS) is 14.8. The van der Waals surface area contributed by atoms with Crippen LogP contribution >= 0.6 is 45.8 Å². The number of ether oxygens (including phenoxy) is 3. The fourth-order valence-electron chi connectivity index (χ4n) is 3.62. The largest absolute Gasteiger partial charge is 0.508 e. The highest BCUT2D eigenvalue weighted by Gasteiger charge is 2.32. The van der Waals surface area contributed by atoms with Crippen molar-refractivity contribution in [3.63, 3.8) is 0 Å². The Labute approximate surface area is 214 Å². The minimum Gasteiger partial charge on any atom is -0.508 e. The molecule has 4 rings (SSSR count). The first kappa shape index (κ1) is 23.4. The van der Waals surface area contributed by atoms with E-state index in [1.807, 2.05) is 6.07 Å². The van der Waals surface area contributed by atoms with Crippen LogP contribution in [0.4, 0.5) is 0 Å². The number of benzene rings is 3. The van der Waals surface area contributed by atoms with Crippen molar-refractivity contribution < 1.29 is 19.3 Å². The molecular weight excluding hydrogens is 578 g/mol. The van der Waals surface area contributed by atoms with Crippen LogP contribution < -0.4 is 19.9 Å². The molecule has 6 nitrogen and oxygen atoms in total. The molecular formula is C24H17Cl2IN2O4. The Hall–Kier alpha value is -2.80. The number of nitrogens with two attached hydrogens (primary N) is 1. The number of nitrogens with zero attached hydrogens (tertiary/aromatic N) is 1. The number of allylic oxidation sites excluding steroid dienone is 1. The first-order chi connectivity index (χ1) is 15.8. The van der Waals surface area contributed by atoms with Crippen LogP contribution in [0.15, 0.2) is 60.0 Å². The van der Waals surface area contributed by atoms with Crippen molar-refractivity contribution >= 4 is 45.8 Å². The smallest absolute Gasteiger partial charge is 0.205 e. The highest BCUT2D eigenvalue weighted by Crippen LogP contribution is 2.46. The minimum absolute atomic E-state index is 0.00715. The van der Waals surface area contributed by atoms with Gasteiger partial charge in [-0.25, -0.2) is 0 Å². The molecule has 0 fully saturated rings. The van der Waals surface area contributed by atoms with Gasteiger partial charge in [-0.1, -0.05) is 35.3 Å². The number of halogens is 3. The number of hydrogen-bond acceptors (Lipinski definition) is 6. The maximum absolute atomic E-state index is 9.85. The summed E-state index contributed by atoms with van der Waals surface area (Å²) in [5.74, 6) is 0.959. The van der Waals surface area contributed by atoms with Gasteiger partial charge in [0.2, 0.25) is 5.88 Å². The first-order valence-electron chi connectivity index (χ1n) is 9.67. The summed E-state index contributed by atoms with van der Waals surface area (Å²) in [5, 5.41) is 20.7. The lowest BCUT2D eigenvalue weighted by atomic mass is 9.83. The molecule has 1 heterocycles. The van der Waals surface area contributed by atoms with Gasteiger partial charge in [0.1, 0.15) is 29.7 Å². The fraction of sp³-hybridized carbons (Fsp3) is 0.125. The average molecular weight is 595 g/mol. The van der Waals surface area contributed by atoms with E-state index in [0.29, 0.717) is 32.9 Å². The molecule has 1 aliphatic rings. The molecule has 1 atom stereocenters. The Morgan fingerprint density at radius 1 is 1.18 bits per heavy atom. The van der Waals surface area contributed by atoms with Crippen molar-refractivity contribution in [2.45, 2.75) is 12.5 Å². The van der Waals surface area contributed by atoms with Gasteiger partial charge >= 0.3 is 0 Å². The summed E-state index contributed by atoms with van der Waals surface area (Å²) >= 11 is 14.4. The topological polar surface area (TPSA) is 97.7 Å². The molecule has 168 valence electrons. The zero-order valence-corrected chi connectivity index (χ0v) is 20.9. The quantitative estimate of drug-likeness (QED) is 0.346. The highest BCUT2D eigenvalue weighted by molar-refractivity contribution is 14.1. The lowest BCUT2D eigenvalue weighted by molar-refractivity contribution is 0.282. The Bertz CT molecular complexity index is 1320. The highest BCUT2D eigenvalue weighted by atomic mass is 127. The first-order valence-corrected chi connectivity index (χ1v) is 11.5.